The highest BCUT2D eigenvalue weighted by Gasteiger charge is 2.15. The molecule has 0 bridgehead atoms. The Labute approximate surface area is 96.8 Å². The lowest BCUT2D eigenvalue weighted by molar-refractivity contribution is -0.139. The van der Waals surface area contributed by atoms with E-state index in [4.69, 9.17) is 5.26 Å². The Balaban J connectivity index is 2.73. The molecule has 1 atom stereocenters. The Morgan fingerprint density at radius 2 is 2.40 bits per heavy atom. The smallest absolute Gasteiger partial charge is 0.319 e. The van der Waals surface area contributed by atoms with Crippen molar-refractivity contribution in [3.05, 3.63) is 35.4 Å². The van der Waals surface area contributed by atoms with Gasteiger partial charge in [0.2, 0.25) is 0 Å². The molecule has 0 N–H and O–H groups in total. The number of hydrogen-bond acceptors (Lipinski definition) is 3. The molecule has 78 valence electrons. The van der Waals surface area contributed by atoms with Gasteiger partial charge in [0.15, 0.2) is 0 Å². The van der Waals surface area contributed by atoms with Gasteiger partial charge in [-0.05, 0) is 24.1 Å². The molecule has 1 unspecified atom stereocenters. The molecule has 0 amide bonds. The predicted octanol–water partition coefficient (Wildman–Crippen LogP) is 2.04. The number of carbonyl (C=O) groups is 1. The second kappa shape index (κ2) is 5.52. The Morgan fingerprint density at radius 3 is 3.00 bits per heavy atom. The zero-order valence-electron chi connectivity index (χ0n) is 8.24. The van der Waals surface area contributed by atoms with Crippen LogP contribution in [0.4, 0.5) is 0 Å². The molecule has 4 heteroatoms. The van der Waals surface area contributed by atoms with E-state index < -0.39 is 0 Å². The van der Waals surface area contributed by atoms with Crippen molar-refractivity contribution in [1.82, 2.24) is 0 Å². The zero-order chi connectivity index (χ0) is 11.3. The van der Waals surface area contributed by atoms with Gasteiger partial charge in [-0.2, -0.15) is 5.26 Å². The van der Waals surface area contributed by atoms with Crippen LogP contribution in [0.15, 0.2) is 24.3 Å². The molecule has 0 spiro atoms. The van der Waals surface area contributed by atoms with Crippen LogP contribution >= 0.6 is 15.9 Å². The Kier molecular flexibility index (Phi) is 4.32. The average molecular weight is 268 g/mol. The largest absolute Gasteiger partial charge is 0.468 e. The van der Waals surface area contributed by atoms with Gasteiger partial charge in [0, 0.05) is 0 Å². The summed E-state index contributed by atoms with van der Waals surface area (Å²) in [7, 11) is 1.35. The lowest BCUT2D eigenvalue weighted by Gasteiger charge is -2.07. The summed E-state index contributed by atoms with van der Waals surface area (Å²) < 4.78 is 4.59. The predicted molar refractivity (Wildman–Crippen MR) is 59.6 cm³/mol. The zero-order valence-corrected chi connectivity index (χ0v) is 9.82. The van der Waals surface area contributed by atoms with Crippen LogP contribution in [-0.4, -0.2) is 17.9 Å². The first-order valence-electron chi connectivity index (χ1n) is 4.38. The maximum atomic E-state index is 11.1. The Morgan fingerprint density at radius 1 is 1.67 bits per heavy atom. The molecule has 0 saturated heterocycles. The maximum Gasteiger partial charge on any atom is 0.319 e. The SMILES string of the molecule is COC(=O)C(Br)Cc1cccc(C#N)c1. The number of methoxy groups -OCH3 is 1. The van der Waals surface area contributed by atoms with E-state index in [1.165, 1.54) is 7.11 Å². The molecule has 1 rings (SSSR count). The van der Waals surface area contributed by atoms with Gasteiger partial charge in [-0.25, -0.2) is 0 Å². The third-order valence-electron chi connectivity index (χ3n) is 1.93. The number of nitrogens with zero attached hydrogens (tertiary/aromatic N) is 1. The van der Waals surface area contributed by atoms with Crippen molar-refractivity contribution < 1.29 is 9.53 Å². The van der Waals surface area contributed by atoms with E-state index in [2.05, 4.69) is 26.7 Å². The molecule has 0 aliphatic heterocycles. The van der Waals surface area contributed by atoms with E-state index in [9.17, 15) is 4.79 Å². The van der Waals surface area contributed by atoms with Gasteiger partial charge in [0.1, 0.15) is 4.83 Å². The van der Waals surface area contributed by atoms with Crippen molar-refractivity contribution in [2.45, 2.75) is 11.2 Å². The van der Waals surface area contributed by atoms with Gasteiger partial charge in [-0.3, -0.25) is 4.79 Å². The molecular formula is C11H10BrNO2. The van der Waals surface area contributed by atoms with Crippen molar-refractivity contribution in [1.29, 1.82) is 5.26 Å². The van der Waals surface area contributed by atoms with Crippen LogP contribution < -0.4 is 0 Å². The summed E-state index contributed by atoms with van der Waals surface area (Å²) in [6.45, 7) is 0. The third-order valence-corrected chi connectivity index (χ3v) is 2.63. The van der Waals surface area contributed by atoms with Gasteiger partial charge in [0.05, 0.1) is 18.7 Å². The van der Waals surface area contributed by atoms with Crippen molar-refractivity contribution in [3.63, 3.8) is 0 Å². The number of nitriles is 1. The number of benzene rings is 1. The van der Waals surface area contributed by atoms with Crippen LogP contribution in [0.1, 0.15) is 11.1 Å². The number of esters is 1. The van der Waals surface area contributed by atoms with Gasteiger partial charge < -0.3 is 4.74 Å². The Bertz CT molecular complexity index is 398. The minimum Gasteiger partial charge on any atom is -0.468 e. The molecule has 0 aliphatic rings. The summed E-state index contributed by atoms with van der Waals surface area (Å²) in [6.07, 6.45) is 0.516. The number of hydrogen-bond donors (Lipinski definition) is 0. The molecule has 0 saturated carbocycles. The fraction of sp³-hybridized carbons (Fsp3) is 0.273. The van der Waals surface area contributed by atoms with Crippen molar-refractivity contribution in [2.75, 3.05) is 7.11 Å². The van der Waals surface area contributed by atoms with Crippen LogP contribution in [0.25, 0.3) is 0 Å². The maximum absolute atomic E-state index is 11.1. The van der Waals surface area contributed by atoms with E-state index in [-0.39, 0.29) is 10.8 Å². The molecule has 0 radical (unpaired) electrons. The lowest BCUT2D eigenvalue weighted by atomic mass is 10.1. The lowest BCUT2D eigenvalue weighted by Crippen LogP contribution is -2.18. The highest BCUT2D eigenvalue weighted by Crippen LogP contribution is 2.12. The summed E-state index contributed by atoms with van der Waals surface area (Å²) in [5.41, 5.74) is 1.53. The van der Waals surface area contributed by atoms with E-state index in [1.54, 1.807) is 18.2 Å². The minimum atomic E-state index is -0.364. The van der Waals surface area contributed by atoms with Gasteiger partial charge in [-0.15, -0.1) is 0 Å². The number of alkyl halides is 1. The molecule has 3 nitrogen and oxygen atoms in total. The van der Waals surface area contributed by atoms with Gasteiger partial charge in [0.25, 0.3) is 0 Å². The van der Waals surface area contributed by atoms with Crippen molar-refractivity contribution in [3.8, 4) is 6.07 Å². The number of ether oxygens (including phenoxy) is 1. The molecule has 0 heterocycles. The summed E-state index contributed by atoms with van der Waals surface area (Å²) >= 11 is 3.23. The van der Waals surface area contributed by atoms with Gasteiger partial charge in [-0.1, -0.05) is 28.1 Å². The minimum absolute atomic E-state index is 0.308. The summed E-state index contributed by atoms with van der Waals surface area (Å²) in [5, 5.41) is 8.70. The standard InChI is InChI=1S/C11H10BrNO2/c1-15-11(14)10(12)6-8-3-2-4-9(5-8)7-13/h2-5,10H,6H2,1H3. The van der Waals surface area contributed by atoms with E-state index >= 15 is 0 Å². The first-order valence-corrected chi connectivity index (χ1v) is 5.30. The fourth-order valence-corrected chi connectivity index (χ4v) is 1.75. The van der Waals surface area contributed by atoms with Crippen LogP contribution in [0.5, 0.6) is 0 Å². The number of halogens is 1. The first-order chi connectivity index (χ1) is 7.17. The second-order valence-electron chi connectivity index (χ2n) is 3.01. The normalized spacial score (nSPS) is 11.5. The van der Waals surface area contributed by atoms with Crippen LogP contribution in [-0.2, 0) is 16.0 Å². The summed E-state index contributed by atoms with van der Waals surface area (Å²) in [5.74, 6) is -0.308. The fourth-order valence-electron chi connectivity index (χ4n) is 1.19. The molecule has 1 aromatic rings. The highest BCUT2D eigenvalue weighted by atomic mass is 79.9. The molecular weight excluding hydrogens is 258 g/mol. The summed E-state index contributed by atoms with van der Waals surface area (Å²) in [6, 6.07) is 9.21. The molecule has 0 aromatic heterocycles. The van der Waals surface area contributed by atoms with E-state index in [0.717, 1.165) is 5.56 Å². The van der Waals surface area contributed by atoms with E-state index in [1.807, 2.05) is 6.07 Å². The average Bonchev–Trinajstić information content (AvgIpc) is 2.28. The van der Waals surface area contributed by atoms with Crippen LogP contribution in [0.2, 0.25) is 0 Å². The molecule has 15 heavy (non-hydrogen) atoms. The molecule has 1 aromatic carbocycles. The van der Waals surface area contributed by atoms with E-state index in [0.29, 0.717) is 12.0 Å². The topological polar surface area (TPSA) is 50.1 Å². The van der Waals surface area contributed by atoms with Gasteiger partial charge >= 0.3 is 5.97 Å². The van der Waals surface area contributed by atoms with Crippen molar-refractivity contribution in [2.24, 2.45) is 0 Å². The third kappa shape index (κ3) is 3.37. The van der Waals surface area contributed by atoms with Crippen LogP contribution in [0, 0.1) is 11.3 Å². The number of carbonyl (C=O) groups excluding carboxylic acids is 1. The number of rotatable bonds is 3. The van der Waals surface area contributed by atoms with Crippen LogP contribution in [0.3, 0.4) is 0 Å². The summed E-state index contributed by atoms with van der Waals surface area (Å²) in [4.78, 5) is 10.8. The van der Waals surface area contributed by atoms with Crippen molar-refractivity contribution >= 4 is 21.9 Å². The molecule has 0 fully saturated rings. The quantitative estimate of drug-likeness (QED) is 0.622. The monoisotopic (exact) mass is 267 g/mol. The highest BCUT2D eigenvalue weighted by molar-refractivity contribution is 9.10. The second-order valence-corrected chi connectivity index (χ2v) is 4.11. The Hall–Kier alpha value is -1.34. The first kappa shape index (κ1) is 11.7. The molecule has 0 aliphatic carbocycles.